The SMILES string of the molecule is CCOC(=O)[C@@H]1[C@@H](c2cccs2)C(C#N)=C(SCc2ccc(F)cc2)N[C@]1(C)O. The Morgan fingerprint density at radius 1 is 1.41 bits per heavy atom. The molecule has 1 aromatic carbocycles. The monoisotopic (exact) mass is 432 g/mol. The number of rotatable bonds is 6. The molecule has 0 spiro atoms. The third kappa shape index (κ3) is 4.64. The number of hydrogen-bond acceptors (Lipinski definition) is 7. The van der Waals surface area contributed by atoms with Gasteiger partial charge in [0, 0.05) is 16.5 Å². The molecule has 0 saturated carbocycles. The van der Waals surface area contributed by atoms with Crippen molar-refractivity contribution in [1.29, 1.82) is 5.26 Å². The number of nitrogens with one attached hydrogen (secondary N) is 1. The summed E-state index contributed by atoms with van der Waals surface area (Å²) in [6, 6.07) is 12.0. The number of thioether (sulfide) groups is 1. The zero-order valence-corrected chi connectivity index (χ0v) is 17.6. The molecule has 0 saturated heterocycles. The number of halogens is 1. The fraction of sp³-hybridized carbons (Fsp3) is 0.333. The third-order valence-corrected chi connectivity index (χ3v) is 6.71. The summed E-state index contributed by atoms with van der Waals surface area (Å²) in [5.74, 6) is -1.98. The van der Waals surface area contributed by atoms with Gasteiger partial charge in [-0.05, 0) is 43.0 Å². The van der Waals surface area contributed by atoms with E-state index >= 15 is 0 Å². The maximum atomic E-state index is 13.1. The van der Waals surface area contributed by atoms with Crippen molar-refractivity contribution >= 4 is 29.1 Å². The van der Waals surface area contributed by atoms with Gasteiger partial charge in [-0.2, -0.15) is 5.26 Å². The summed E-state index contributed by atoms with van der Waals surface area (Å²) in [6.45, 7) is 3.40. The van der Waals surface area contributed by atoms with E-state index in [1.54, 1.807) is 19.1 Å². The highest BCUT2D eigenvalue weighted by Crippen LogP contribution is 2.46. The standard InChI is InChI=1S/C21H21FN2O3S2/c1-3-27-20(25)18-17(16-5-4-10-28-16)15(11-23)19(24-21(18,2)26)29-12-13-6-8-14(22)9-7-13/h4-10,17-18,24,26H,3,12H2,1-2H3/t17-,18+,21-/m1/s1. The second kappa shape index (κ2) is 8.99. The Morgan fingerprint density at radius 2 is 2.14 bits per heavy atom. The van der Waals surface area contributed by atoms with Gasteiger partial charge in [-0.15, -0.1) is 23.1 Å². The van der Waals surface area contributed by atoms with Crippen molar-refractivity contribution in [2.75, 3.05) is 6.61 Å². The molecule has 2 aromatic rings. The van der Waals surface area contributed by atoms with Crippen molar-refractivity contribution in [3.63, 3.8) is 0 Å². The highest BCUT2D eigenvalue weighted by Gasteiger charge is 2.51. The number of aliphatic hydroxyl groups is 1. The molecule has 0 aliphatic carbocycles. The van der Waals surface area contributed by atoms with Crippen LogP contribution in [0.15, 0.2) is 52.4 Å². The Bertz CT molecular complexity index is 934. The minimum atomic E-state index is -1.60. The van der Waals surface area contributed by atoms with E-state index in [1.165, 1.54) is 42.2 Å². The van der Waals surface area contributed by atoms with Crippen molar-refractivity contribution in [3.8, 4) is 6.07 Å². The van der Waals surface area contributed by atoms with E-state index in [4.69, 9.17) is 4.74 Å². The molecule has 0 radical (unpaired) electrons. The Hall–Kier alpha value is -2.34. The van der Waals surface area contributed by atoms with Gasteiger partial charge >= 0.3 is 5.97 Å². The molecule has 1 aliphatic heterocycles. The topological polar surface area (TPSA) is 82.4 Å². The number of carbonyl (C=O) groups excluding carboxylic acids is 1. The lowest BCUT2D eigenvalue weighted by atomic mass is 9.76. The molecule has 29 heavy (non-hydrogen) atoms. The summed E-state index contributed by atoms with van der Waals surface area (Å²) in [5, 5.41) is 26.4. The summed E-state index contributed by atoms with van der Waals surface area (Å²) in [4.78, 5) is 13.5. The average molecular weight is 433 g/mol. The van der Waals surface area contributed by atoms with Gasteiger partial charge in [0.15, 0.2) is 0 Å². The van der Waals surface area contributed by atoms with E-state index in [2.05, 4.69) is 11.4 Å². The fourth-order valence-corrected chi connectivity index (χ4v) is 5.33. The number of carbonyl (C=O) groups is 1. The van der Waals surface area contributed by atoms with Crippen molar-refractivity contribution in [2.24, 2.45) is 5.92 Å². The molecule has 1 aromatic heterocycles. The highest BCUT2D eigenvalue weighted by atomic mass is 32.2. The molecule has 8 heteroatoms. The van der Waals surface area contributed by atoms with E-state index in [0.717, 1.165) is 10.4 Å². The smallest absolute Gasteiger partial charge is 0.314 e. The highest BCUT2D eigenvalue weighted by molar-refractivity contribution is 8.02. The van der Waals surface area contributed by atoms with E-state index in [9.17, 15) is 19.6 Å². The van der Waals surface area contributed by atoms with Crippen molar-refractivity contribution in [2.45, 2.75) is 31.2 Å². The van der Waals surface area contributed by atoms with Gasteiger partial charge in [-0.1, -0.05) is 18.2 Å². The molecule has 3 rings (SSSR count). The van der Waals surface area contributed by atoms with Crippen LogP contribution >= 0.6 is 23.1 Å². The van der Waals surface area contributed by atoms with Crippen LogP contribution in [0.25, 0.3) is 0 Å². The van der Waals surface area contributed by atoms with E-state index in [0.29, 0.717) is 16.4 Å². The van der Waals surface area contributed by atoms with Crippen LogP contribution in [0, 0.1) is 23.1 Å². The molecule has 0 fully saturated rings. The molecule has 0 unspecified atom stereocenters. The van der Waals surface area contributed by atoms with E-state index in [-0.39, 0.29) is 12.4 Å². The molecule has 3 atom stereocenters. The molecule has 1 aliphatic rings. The Balaban J connectivity index is 2.00. The predicted octanol–water partition coefficient (Wildman–Crippen LogP) is 4.13. The Kier molecular flexibility index (Phi) is 6.63. The number of thiophene rings is 1. The normalized spacial score (nSPS) is 24.0. The molecule has 5 nitrogen and oxygen atoms in total. The van der Waals surface area contributed by atoms with Crippen LogP contribution in [0.1, 0.15) is 30.2 Å². The minimum absolute atomic E-state index is 0.181. The van der Waals surface area contributed by atoms with Crippen molar-refractivity contribution in [1.82, 2.24) is 5.32 Å². The average Bonchev–Trinajstić information content (AvgIpc) is 3.21. The second-order valence-electron chi connectivity index (χ2n) is 6.77. The first-order chi connectivity index (χ1) is 13.9. The van der Waals surface area contributed by atoms with Crippen LogP contribution in [0.5, 0.6) is 0 Å². The maximum absolute atomic E-state index is 13.1. The van der Waals surface area contributed by atoms with Crippen LogP contribution in [0.4, 0.5) is 4.39 Å². The maximum Gasteiger partial charge on any atom is 0.314 e. The number of ether oxygens (including phenoxy) is 1. The van der Waals surface area contributed by atoms with Gasteiger partial charge in [0.2, 0.25) is 0 Å². The summed E-state index contributed by atoms with van der Waals surface area (Å²) >= 11 is 2.76. The molecule has 2 N–H and O–H groups in total. The van der Waals surface area contributed by atoms with Crippen molar-refractivity contribution in [3.05, 3.63) is 68.6 Å². The largest absolute Gasteiger partial charge is 0.466 e. The van der Waals surface area contributed by atoms with Crippen LogP contribution in [-0.2, 0) is 15.3 Å². The van der Waals surface area contributed by atoms with Crippen LogP contribution in [0.2, 0.25) is 0 Å². The van der Waals surface area contributed by atoms with Gasteiger partial charge in [0.05, 0.1) is 23.3 Å². The number of hydrogen-bond donors (Lipinski definition) is 2. The quantitative estimate of drug-likeness (QED) is 0.668. The zero-order chi connectivity index (χ0) is 21.0. The number of nitriles is 1. The first-order valence-electron chi connectivity index (χ1n) is 9.09. The summed E-state index contributed by atoms with van der Waals surface area (Å²) < 4.78 is 18.3. The molecular weight excluding hydrogens is 411 g/mol. The first-order valence-corrected chi connectivity index (χ1v) is 11.0. The van der Waals surface area contributed by atoms with Gasteiger partial charge in [0.1, 0.15) is 17.5 Å². The predicted molar refractivity (Wildman–Crippen MR) is 111 cm³/mol. The lowest BCUT2D eigenvalue weighted by Gasteiger charge is -2.42. The molecule has 2 heterocycles. The zero-order valence-electron chi connectivity index (χ0n) is 16.0. The summed E-state index contributed by atoms with van der Waals surface area (Å²) in [5.41, 5.74) is -0.348. The van der Waals surface area contributed by atoms with Gasteiger partial charge in [-0.3, -0.25) is 4.79 Å². The minimum Gasteiger partial charge on any atom is -0.466 e. The van der Waals surface area contributed by atoms with Gasteiger partial charge in [-0.25, -0.2) is 4.39 Å². The molecular formula is C21H21FN2O3S2. The first kappa shape index (κ1) is 21.4. The van der Waals surface area contributed by atoms with Crippen molar-refractivity contribution < 1.29 is 19.0 Å². The lowest BCUT2D eigenvalue weighted by Crippen LogP contribution is -2.56. The van der Waals surface area contributed by atoms with E-state index in [1.807, 2.05) is 17.5 Å². The molecule has 152 valence electrons. The van der Waals surface area contributed by atoms with Crippen LogP contribution in [0.3, 0.4) is 0 Å². The Morgan fingerprint density at radius 3 is 2.72 bits per heavy atom. The van der Waals surface area contributed by atoms with Gasteiger partial charge in [0.25, 0.3) is 0 Å². The Labute approximate surface area is 177 Å². The molecule has 0 bridgehead atoms. The number of allylic oxidation sites excluding steroid dienone is 1. The van der Waals surface area contributed by atoms with Crippen LogP contribution < -0.4 is 5.32 Å². The number of nitrogens with zero attached hydrogens (tertiary/aromatic N) is 1. The molecule has 0 amide bonds. The van der Waals surface area contributed by atoms with Crippen LogP contribution in [-0.4, -0.2) is 23.4 Å². The third-order valence-electron chi connectivity index (χ3n) is 4.67. The van der Waals surface area contributed by atoms with Gasteiger partial charge < -0.3 is 15.2 Å². The second-order valence-corrected chi connectivity index (χ2v) is 8.73. The summed E-state index contributed by atoms with van der Waals surface area (Å²) in [6.07, 6.45) is 0. The van der Waals surface area contributed by atoms with E-state index < -0.39 is 23.5 Å². The lowest BCUT2D eigenvalue weighted by molar-refractivity contribution is -0.160. The number of esters is 1. The fourth-order valence-electron chi connectivity index (χ4n) is 3.35. The summed E-state index contributed by atoms with van der Waals surface area (Å²) in [7, 11) is 0. The number of benzene rings is 1.